The normalized spacial score (nSPS) is 15.7. The smallest absolute Gasteiger partial charge is 0.0399 e. The average molecular weight is 223 g/mol. The van der Waals surface area contributed by atoms with Crippen LogP contribution in [0.15, 0.2) is 18.5 Å². The fraction of sp³-hybridized carbons (Fsp3) is 0.692. The Labute approximate surface area is 99.2 Å². The number of hydrogen-bond acceptors (Lipinski definition) is 2. The average Bonchev–Trinajstić information content (AvgIpc) is 2.69. The Morgan fingerprint density at radius 3 is 2.44 bits per heavy atom. The van der Waals surface area contributed by atoms with Crippen LogP contribution in [0, 0.1) is 11.8 Å². The summed E-state index contributed by atoms with van der Waals surface area (Å²) >= 11 is 0. The molecular formula is C13H25N3. The van der Waals surface area contributed by atoms with Gasteiger partial charge in [0.1, 0.15) is 0 Å². The molecule has 0 saturated carbocycles. The molecule has 1 aromatic rings. The van der Waals surface area contributed by atoms with Crippen LogP contribution in [0.2, 0.25) is 0 Å². The molecule has 0 bridgehead atoms. The van der Waals surface area contributed by atoms with E-state index in [9.17, 15) is 0 Å². The molecule has 0 spiro atoms. The van der Waals surface area contributed by atoms with Crippen LogP contribution in [0.4, 0.5) is 0 Å². The van der Waals surface area contributed by atoms with E-state index in [2.05, 4.69) is 55.4 Å². The summed E-state index contributed by atoms with van der Waals surface area (Å²) < 4.78 is 0. The van der Waals surface area contributed by atoms with Crippen molar-refractivity contribution in [1.82, 2.24) is 15.2 Å². The molecule has 0 amide bonds. The van der Waals surface area contributed by atoms with E-state index >= 15 is 0 Å². The summed E-state index contributed by atoms with van der Waals surface area (Å²) in [6.45, 7) is 5.64. The van der Waals surface area contributed by atoms with Crippen molar-refractivity contribution in [1.29, 1.82) is 0 Å². The third-order valence-corrected chi connectivity index (χ3v) is 3.22. The van der Waals surface area contributed by atoms with Crippen LogP contribution in [-0.4, -0.2) is 37.6 Å². The molecule has 0 aliphatic heterocycles. The van der Waals surface area contributed by atoms with Gasteiger partial charge in [-0.25, -0.2) is 0 Å². The maximum atomic E-state index is 3.31. The topological polar surface area (TPSA) is 31.1 Å². The van der Waals surface area contributed by atoms with E-state index in [1.165, 1.54) is 5.56 Å². The Morgan fingerprint density at radius 1 is 1.38 bits per heavy atom. The highest BCUT2D eigenvalue weighted by molar-refractivity contribution is 5.15. The van der Waals surface area contributed by atoms with Crippen molar-refractivity contribution in [2.75, 3.05) is 27.7 Å². The molecule has 0 aliphatic rings. The van der Waals surface area contributed by atoms with Gasteiger partial charge in [0.05, 0.1) is 0 Å². The van der Waals surface area contributed by atoms with Crippen molar-refractivity contribution in [3.8, 4) is 0 Å². The highest BCUT2D eigenvalue weighted by Gasteiger charge is 2.27. The van der Waals surface area contributed by atoms with Crippen molar-refractivity contribution in [3.63, 3.8) is 0 Å². The molecule has 0 aliphatic carbocycles. The number of nitrogens with zero attached hydrogens (tertiary/aromatic N) is 1. The third-order valence-electron chi connectivity index (χ3n) is 3.22. The molecule has 1 rings (SSSR count). The number of aromatic nitrogens is 1. The number of rotatable bonds is 6. The lowest BCUT2D eigenvalue weighted by Gasteiger charge is -2.34. The molecule has 0 fully saturated rings. The van der Waals surface area contributed by atoms with E-state index in [-0.39, 0.29) is 0 Å². The SMILES string of the molecule is CNCC(C(C)C)C(c1cc[nH]c1)N(C)C. The second kappa shape index (κ2) is 6.06. The van der Waals surface area contributed by atoms with Crippen LogP contribution >= 0.6 is 0 Å². The van der Waals surface area contributed by atoms with Gasteiger partial charge in [-0.05, 0) is 51.2 Å². The van der Waals surface area contributed by atoms with E-state index in [4.69, 9.17) is 0 Å². The fourth-order valence-electron chi connectivity index (χ4n) is 2.40. The van der Waals surface area contributed by atoms with Gasteiger partial charge in [0.15, 0.2) is 0 Å². The lowest BCUT2D eigenvalue weighted by Crippen LogP contribution is -2.36. The Balaban J connectivity index is 2.90. The molecule has 2 N–H and O–H groups in total. The number of aromatic amines is 1. The zero-order valence-corrected chi connectivity index (χ0v) is 11.1. The standard InChI is InChI=1S/C13H25N3/c1-10(2)12(9-14-3)13(16(4)5)11-6-7-15-8-11/h6-8,10,12-15H,9H2,1-5H3. The highest BCUT2D eigenvalue weighted by Crippen LogP contribution is 2.31. The van der Waals surface area contributed by atoms with Crippen LogP contribution in [0.1, 0.15) is 25.5 Å². The van der Waals surface area contributed by atoms with Crippen LogP contribution < -0.4 is 5.32 Å². The molecule has 16 heavy (non-hydrogen) atoms. The monoisotopic (exact) mass is 223 g/mol. The lowest BCUT2D eigenvalue weighted by molar-refractivity contribution is 0.169. The summed E-state index contributed by atoms with van der Waals surface area (Å²) in [6.07, 6.45) is 4.11. The molecule has 0 aromatic carbocycles. The Kier molecular flexibility index (Phi) is 5.03. The number of H-pyrrole nitrogens is 1. The zero-order valence-electron chi connectivity index (χ0n) is 11.1. The number of hydrogen-bond donors (Lipinski definition) is 2. The lowest BCUT2D eigenvalue weighted by atomic mass is 9.84. The second-order valence-corrected chi connectivity index (χ2v) is 5.02. The van der Waals surface area contributed by atoms with Crippen LogP contribution in [0.5, 0.6) is 0 Å². The van der Waals surface area contributed by atoms with Gasteiger partial charge < -0.3 is 15.2 Å². The molecular weight excluding hydrogens is 198 g/mol. The first-order valence-corrected chi connectivity index (χ1v) is 6.01. The highest BCUT2D eigenvalue weighted by atomic mass is 15.1. The molecule has 0 saturated heterocycles. The molecule has 3 heteroatoms. The van der Waals surface area contributed by atoms with Gasteiger partial charge in [0.25, 0.3) is 0 Å². The minimum Gasteiger partial charge on any atom is -0.367 e. The Hall–Kier alpha value is -0.800. The zero-order chi connectivity index (χ0) is 12.1. The summed E-state index contributed by atoms with van der Waals surface area (Å²) in [5, 5.41) is 3.31. The van der Waals surface area contributed by atoms with Crippen LogP contribution in [0.25, 0.3) is 0 Å². The van der Waals surface area contributed by atoms with Crippen LogP contribution in [0.3, 0.4) is 0 Å². The Morgan fingerprint density at radius 2 is 2.06 bits per heavy atom. The van der Waals surface area contributed by atoms with Gasteiger partial charge >= 0.3 is 0 Å². The predicted molar refractivity (Wildman–Crippen MR) is 69.5 cm³/mol. The molecule has 2 atom stereocenters. The van der Waals surface area contributed by atoms with Crippen molar-refractivity contribution in [2.24, 2.45) is 11.8 Å². The van der Waals surface area contributed by atoms with Gasteiger partial charge in [-0.3, -0.25) is 0 Å². The minimum atomic E-state index is 0.471. The summed E-state index contributed by atoms with van der Waals surface area (Å²) in [5.74, 6) is 1.28. The first-order valence-electron chi connectivity index (χ1n) is 6.01. The number of nitrogens with one attached hydrogen (secondary N) is 2. The molecule has 1 heterocycles. The van der Waals surface area contributed by atoms with E-state index in [1.807, 2.05) is 13.2 Å². The van der Waals surface area contributed by atoms with Crippen LogP contribution in [-0.2, 0) is 0 Å². The largest absolute Gasteiger partial charge is 0.367 e. The van der Waals surface area contributed by atoms with Crippen molar-refractivity contribution in [3.05, 3.63) is 24.0 Å². The van der Waals surface area contributed by atoms with E-state index in [1.54, 1.807) is 0 Å². The van der Waals surface area contributed by atoms with Gasteiger partial charge in [0, 0.05) is 18.4 Å². The van der Waals surface area contributed by atoms with E-state index in [0.29, 0.717) is 17.9 Å². The maximum absolute atomic E-state index is 3.31. The first kappa shape index (κ1) is 13.3. The molecule has 1 aromatic heterocycles. The van der Waals surface area contributed by atoms with E-state index in [0.717, 1.165) is 6.54 Å². The predicted octanol–water partition coefficient (Wildman–Crippen LogP) is 2.11. The van der Waals surface area contributed by atoms with Crippen molar-refractivity contribution >= 4 is 0 Å². The van der Waals surface area contributed by atoms with Gasteiger partial charge in [-0.15, -0.1) is 0 Å². The van der Waals surface area contributed by atoms with Crippen molar-refractivity contribution in [2.45, 2.75) is 19.9 Å². The molecule has 3 nitrogen and oxygen atoms in total. The summed E-state index contributed by atoms with van der Waals surface area (Å²) in [6, 6.07) is 2.65. The van der Waals surface area contributed by atoms with Gasteiger partial charge in [-0.1, -0.05) is 13.8 Å². The second-order valence-electron chi connectivity index (χ2n) is 5.02. The molecule has 2 unspecified atom stereocenters. The van der Waals surface area contributed by atoms with Gasteiger partial charge in [0.2, 0.25) is 0 Å². The summed E-state index contributed by atoms with van der Waals surface area (Å²) in [4.78, 5) is 5.46. The maximum Gasteiger partial charge on any atom is 0.0399 e. The Bertz CT molecular complexity index is 277. The summed E-state index contributed by atoms with van der Waals surface area (Å²) in [7, 11) is 6.34. The quantitative estimate of drug-likeness (QED) is 0.774. The van der Waals surface area contributed by atoms with Crippen molar-refractivity contribution < 1.29 is 0 Å². The third kappa shape index (κ3) is 3.09. The summed E-state index contributed by atoms with van der Waals surface area (Å²) in [5.41, 5.74) is 1.37. The molecule has 92 valence electrons. The van der Waals surface area contributed by atoms with E-state index < -0.39 is 0 Å². The minimum absolute atomic E-state index is 0.471. The van der Waals surface area contributed by atoms with Gasteiger partial charge in [-0.2, -0.15) is 0 Å². The fourth-order valence-corrected chi connectivity index (χ4v) is 2.40. The molecule has 0 radical (unpaired) electrons. The first-order chi connectivity index (χ1) is 7.57.